The molecule has 0 spiro atoms. The van der Waals surface area contributed by atoms with Crippen molar-refractivity contribution in [2.75, 3.05) is 0 Å². The van der Waals surface area contributed by atoms with Crippen molar-refractivity contribution < 1.29 is 0 Å². The molecule has 0 saturated carbocycles. The summed E-state index contributed by atoms with van der Waals surface area (Å²) < 4.78 is 2.41. The molecule has 0 saturated heterocycles. The number of aryl methyl sites for hydroxylation is 2. The van der Waals surface area contributed by atoms with Crippen LogP contribution in [0.5, 0.6) is 0 Å². The van der Waals surface area contributed by atoms with Gasteiger partial charge in [0.05, 0.1) is 11.0 Å². The van der Waals surface area contributed by atoms with Gasteiger partial charge in [-0.15, -0.1) is 0 Å². The monoisotopic (exact) mass is 371 g/mol. The Morgan fingerprint density at radius 1 is 0.483 bits per heavy atom. The van der Waals surface area contributed by atoms with E-state index in [1.165, 1.54) is 60.2 Å². The predicted molar refractivity (Wildman–Crippen MR) is 125 cm³/mol. The van der Waals surface area contributed by atoms with Gasteiger partial charge in [-0.05, 0) is 71.8 Å². The Morgan fingerprint density at radius 2 is 1.07 bits per heavy atom. The highest BCUT2D eigenvalue weighted by atomic mass is 15.0. The van der Waals surface area contributed by atoms with Crippen molar-refractivity contribution in [3.05, 3.63) is 102 Å². The molecule has 0 atom stereocenters. The molecule has 0 unspecified atom stereocenters. The summed E-state index contributed by atoms with van der Waals surface area (Å²) in [5.74, 6) is 0. The minimum atomic E-state index is 1.21. The zero-order valence-electron chi connectivity index (χ0n) is 16.6. The van der Waals surface area contributed by atoms with Crippen LogP contribution >= 0.6 is 0 Å². The van der Waals surface area contributed by atoms with Gasteiger partial charge in [0.2, 0.25) is 0 Å². The Morgan fingerprint density at radius 3 is 1.76 bits per heavy atom. The second kappa shape index (κ2) is 5.96. The summed E-state index contributed by atoms with van der Waals surface area (Å²) in [6.07, 6.45) is 0. The molecule has 0 radical (unpaired) electrons. The van der Waals surface area contributed by atoms with Gasteiger partial charge in [-0.1, -0.05) is 65.7 Å². The fourth-order valence-corrected chi connectivity index (χ4v) is 4.66. The van der Waals surface area contributed by atoms with Gasteiger partial charge in [0, 0.05) is 16.5 Å². The zero-order chi connectivity index (χ0) is 19.5. The van der Waals surface area contributed by atoms with E-state index in [9.17, 15) is 0 Å². The fourth-order valence-electron chi connectivity index (χ4n) is 4.66. The van der Waals surface area contributed by atoms with Crippen LogP contribution in [0.25, 0.3) is 49.0 Å². The molecule has 1 heteroatoms. The van der Waals surface area contributed by atoms with Crippen molar-refractivity contribution in [1.82, 2.24) is 4.57 Å². The number of hydrogen-bond donors (Lipinski definition) is 0. The highest BCUT2D eigenvalue weighted by Gasteiger charge is 2.13. The van der Waals surface area contributed by atoms with Gasteiger partial charge < -0.3 is 4.57 Å². The molecule has 6 aromatic rings. The number of fused-ring (bicyclic) bond motifs is 6. The van der Waals surface area contributed by atoms with Gasteiger partial charge in [0.25, 0.3) is 0 Å². The molecule has 138 valence electrons. The predicted octanol–water partition coefficient (Wildman–Crippen LogP) is 7.71. The minimum Gasteiger partial charge on any atom is -0.309 e. The van der Waals surface area contributed by atoms with Crippen LogP contribution in [0.2, 0.25) is 0 Å². The van der Waals surface area contributed by atoms with Crippen LogP contribution in [0.15, 0.2) is 91.0 Å². The number of rotatable bonds is 1. The third kappa shape index (κ3) is 2.41. The Kier molecular flexibility index (Phi) is 3.36. The van der Waals surface area contributed by atoms with Crippen LogP contribution < -0.4 is 0 Å². The number of benzene rings is 5. The van der Waals surface area contributed by atoms with Gasteiger partial charge in [-0.2, -0.15) is 0 Å². The molecular formula is C28H21N. The van der Waals surface area contributed by atoms with Crippen molar-refractivity contribution >= 4 is 43.4 Å². The summed E-state index contributed by atoms with van der Waals surface area (Å²) in [4.78, 5) is 0. The summed E-state index contributed by atoms with van der Waals surface area (Å²) >= 11 is 0. The highest BCUT2D eigenvalue weighted by molar-refractivity contribution is 6.11. The molecule has 0 amide bonds. The van der Waals surface area contributed by atoms with E-state index in [0.29, 0.717) is 0 Å². The van der Waals surface area contributed by atoms with Gasteiger partial charge in [0.1, 0.15) is 0 Å². The van der Waals surface area contributed by atoms with Crippen molar-refractivity contribution in [3.63, 3.8) is 0 Å². The van der Waals surface area contributed by atoms with Gasteiger partial charge >= 0.3 is 0 Å². The molecular weight excluding hydrogens is 350 g/mol. The van der Waals surface area contributed by atoms with Crippen molar-refractivity contribution in [1.29, 1.82) is 0 Å². The summed E-state index contributed by atoms with van der Waals surface area (Å²) in [5, 5.41) is 7.81. The maximum absolute atomic E-state index is 2.41. The van der Waals surface area contributed by atoms with Crippen LogP contribution in [0.1, 0.15) is 11.1 Å². The van der Waals surface area contributed by atoms with Crippen LogP contribution in [0.3, 0.4) is 0 Å². The second-order valence-electron chi connectivity index (χ2n) is 8.07. The van der Waals surface area contributed by atoms with E-state index in [1.54, 1.807) is 0 Å². The summed E-state index contributed by atoms with van der Waals surface area (Å²) in [6, 6.07) is 33.5. The first-order chi connectivity index (χ1) is 14.2. The largest absolute Gasteiger partial charge is 0.309 e. The molecule has 6 rings (SSSR count). The smallest absolute Gasteiger partial charge is 0.0541 e. The maximum Gasteiger partial charge on any atom is 0.0541 e. The molecule has 1 heterocycles. The Bertz CT molecular complexity index is 1510. The molecule has 0 aliphatic carbocycles. The van der Waals surface area contributed by atoms with Crippen molar-refractivity contribution in [3.8, 4) is 5.69 Å². The van der Waals surface area contributed by atoms with E-state index >= 15 is 0 Å². The minimum absolute atomic E-state index is 1.21. The van der Waals surface area contributed by atoms with E-state index in [-0.39, 0.29) is 0 Å². The number of aromatic nitrogens is 1. The molecule has 1 aromatic heterocycles. The first-order valence-electron chi connectivity index (χ1n) is 10.1. The van der Waals surface area contributed by atoms with E-state index in [4.69, 9.17) is 0 Å². The SMILES string of the molecule is Cc1ccc2c(c1)c1cc(C)ccc1n2-c1ccc2ccc3ccccc3c2c1. The van der Waals surface area contributed by atoms with E-state index in [0.717, 1.165) is 0 Å². The van der Waals surface area contributed by atoms with E-state index < -0.39 is 0 Å². The van der Waals surface area contributed by atoms with Gasteiger partial charge in [-0.25, -0.2) is 0 Å². The van der Waals surface area contributed by atoms with E-state index in [1.807, 2.05) is 0 Å². The van der Waals surface area contributed by atoms with Crippen LogP contribution in [0, 0.1) is 13.8 Å². The molecule has 29 heavy (non-hydrogen) atoms. The zero-order valence-corrected chi connectivity index (χ0v) is 16.6. The lowest BCUT2D eigenvalue weighted by atomic mass is 10.0. The van der Waals surface area contributed by atoms with Gasteiger partial charge in [-0.3, -0.25) is 0 Å². The third-order valence-electron chi connectivity index (χ3n) is 6.06. The number of nitrogens with zero attached hydrogens (tertiary/aromatic N) is 1. The molecule has 0 bridgehead atoms. The number of hydrogen-bond acceptors (Lipinski definition) is 0. The summed E-state index contributed by atoms with van der Waals surface area (Å²) in [6.45, 7) is 4.33. The first kappa shape index (κ1) is 16.4. The average Bonchev–Trinajstić information content (AvgIpc) is 3.06. The second-order valence-corrected chi connectivity index (χ2v) is 8.07. The summed E-state index contributed by atoms with van der Waals surface area (Å²) in [7, 11) is 0. The third-order valence-corrected chi connectivity index (χ3v) is 6.06. The van der Waals surface area contributed by atoms with Crippen molar-refractivity contribution in [2.45, 2.75) is 13.8 Å². The Hall–Kier alpha value is -3.58. The lowest BCUT2D eigenvalue weighted by molar-refractivity contribution is 1.18. The maximum atomic E-state index is 2.41. The Labute approximate surface area is 169 Å². The molecule has 0 aliphatic rings. The lowest BCUT2D eigenvalue weighted by Gasteiger charge is -2.11. The van der Waals surface area contributed by atoms with Crippen molar-refractivity contribution in [2.24, 2.45) is 0 Å². The fraction of sp³-hybridized carbons (Fsp3) is 0.0714. The topological polar surface area (TPSA) is 4.93 Å². The Balaban J connectivity index is 1.75. The molecule has 0 fully saturated rings. The van der Waals surface area contributed by atoms with Gasteiger partial charge in [0.15, 0.2) is 0 Å². The highest BCUT2D eigenvalue weighted by Crippen LogP contribution is 2.35. The lowest BCUT2D eigenvalue weighted by Crippen LogP contribution is -1.94. The van der Waals surface area contributed by atoms with E-state index in [2.05, 4.69) is 109 Å². The average molecular weight is 371 g/mol. The standard InChI is InChI=1S/C28H21N/c1-18-7-13-27-25(15-18)26-16-19(2)8-14-28(26)29(27)22-12-11-21-10-9-20-5-3-4-6-23(20)24(21)17-22/h3-17H,1-2H3. The quantitative estimate of drug-likeness (QED) is 0.261. The summed E-state index contributed by atoms with van der Waals surface area (Å²) in [5.41, 5.74) is 6.32. The molecule has 0 aliphatic heterocycles. The molecule has 1 nitrogen and oxygen atoms in total. The molecule has 5 aromatic carbocycles. The molecule has 0 N–H and O–H groups in total. The van der Waals surface area contributed by atoms with Crippen LogP contribution in [0.4, 0.5) is 0 Å². The normalized spacial score (nSPS) is 11.8. The van der Waals surface area contributed by atoms with Crippen LogP contribution in [-0.2, 0) is 0 Å². The first-order valence-corrected chi connectivity index (χ1v) is 10.1. The van der Waals surface area contributed by atoms with Crippen LogP contribution in [-0.4, -0.2) is 4.57 Å².